The van der Waals surface area contributed by atoms with Gasteiger partial charge in [0.25, 0.3) is 0 Å². The molecule has 3 heteroatoms. The molecule has 1 fully saturated rings. The van der Waals surface area contributed by atoms with Crippen molar-refractivity contribution in [1.29, 1.82) is 0 Å². The predicted molar refractivity (Wildman–Crippen MR) is 73.4 cm³/mol. The van der Waals surface area contributed by atoms with E-state index < -0.39 is 0 Å². The van der Waals surface area contributed by atoms with Crippen molar-refractivity contribution in [2.45, 2.75) is 45.6 Å². The molecule has 0 aromatic heterocycles. The average molecular weight is 242 g/mol. The van der Waals surface area contributed by atoms with E-state index in [2.05, 4.69) is 31.1 Å². The van der Waals surface area contributed by atoms with Gasteiger partial charge < -0.3 is 15.0 Å². The van der Waals surface area contributed by atoms with Gasteiger partial charge >= 0.3 is 0 Å². The van der Waals surface area contributed by atoms with Crippen molar-refractivity contribution < 1.29 is 4.74 Å². The van der Waals surface area contributed by atoms with Crippen LogP contribution < -0.4 is 5.32 Å². The van der Waals surface area contributed by atoms with Gasteiger partial charge in [-0.15, -0.1) is 0 Å². The van der Waals surface area contributed by atoms with Gasteiger partial charge in [-0.2, -0.15) is 0 Å². The van der Waals surface area contributed by atoms with E-state index in [0.29, 0.717) is 6.04 Å². The lowest BCUT2D eigenvalue weighted by molar-refractivity contribution is 0.0601. The Morgan fingerprint density at radius 3 is 2.41 bits per heavy atom. The Morgan fingerprint density at radius 2 is 1.88 bits per heavy atom. The summed E-state index contributed by atoms with van der Waals surface area (Å²) in [6, 6.07) is 0.679. The van der Waals surface area contributed by atoms with Gasteiger partial charge in [0, 0.05) is 19.3 Å². The van der Waals surface area contributed by atoms with Crippen LogP contribution in [0.5, 0.6) is 0 Å². The molecule has 0 saturated carbocycles. The fourth-order valence-electron chi connectivity index (χ4n) is 2.64. The normalized spacial score (nSPS) is 19.8. The highest BCUT2D eigenvalue weighted by Crippen LogP contribution is 2.21. The molecule has 3 nitrogen and oxygen atoms in total. The van der Waals surface area contributed by atoms with Crippen molar-refractivity contribution in [3.8, 4) is 0 Å². The van der Waals surface area contributed by atoms with Crippen LogP contribution in [-0.2, 0) is 4.74 Å². The minimum atomic E-state index is 0.679. The maximum absolute atomic E-state index is 5.42. The smallest absolute Gasteiger partial charge is 0.0468 e. The Hall–Kier alpha value is -0.120. The third-order valence-electron chi connectivity index (χ3n) is 4.06. The summed E-state index contributed by atoms with van der Waals surface area (Å²) in [4.78, 5) is 2.51. The van der Waals surface area contributed by atoms with Crippen molar-refractivity contribution >= 4 is 0 Å². The number of nitrogens with zero attached hydrogens (tertiary/aromatic N) is 1. The maximum Gasteiger partial charge on any atom is 0.0468 e. The quantitative estimate of drug-likeness (QED) is 0.705. The molecule has 1 atom stereocenters. The van der Waals surface area contributed by atoms with Crippen LogP contribution in [0.2, 0.25) is 0 Å². The molecule has 0 amide bonds. The van der Waals surface area contributed by atoms with Gasteiger partial charge in [0.05, 0.1) is 0 Å². The second-order valence-electron chi connectivity index (χ2n) is 5.09. The lowest BCUT2D eigenvalue weighted by Gasteiger charge is -2.28. The minimum absolute atomic E-state index is 0.679. The standard InChI is InChI=1S/C14H30N2O/c1-4-16(5-2)9-6-14(15-3)12-13-7-10-17-11-8-13/h13-15H,4-12H2,1-3H3. The SMILES string of the molecule is CCN(CC)CCC(CC1CCOCC1)NC. The molecule has 1 unspecified atom stereocenters. The van der Waals surface area contributed by atoms with Gasteiger partial charge in [-0.25, -0.2) is 0 Å². The second-order valence-corrected chi connectivity index (χ2v) is 5.09. The van der Waals surface area contributed by atoms with E-state index >= 15 is 0 Å². The van der Waals surface area contributed by atoms with Crippen LogP contribution in [0.25, 0.3) is 0 Å². The van der Waals surface area contributed by atoms with Crippen molar-refractivity contribution in [3.63, 3.8) is 0 Å². The van der Waals surface area contributed by atoms with Gasteiger partial charge in [0.2, 0.25) is 0 Å². The minimum Gasteiger partial charge on any atom is -0.381 e. The molecule has 1 heterocycles. The van der Waals surface area contributed by atoms with Crippen molar-refractivity contribution in [1.82, 2.24) is 10.2 Å². The molecule has 0 spiro atoms. The molecule has 0 radical (unpaired) electrons. The summed E-state index contributed by atoms with van der Waals surface area (Å²) in [5, 5.41) is 3.49. The van der Waals surface area contributed by atoms with E-state index in [1.165, 1.54) is 45.3 Å². The van der Waals surface area contributed by atoms with Crippen LogP contribution in [0.3, 0.4) is 0 Å². The molecule has 0 bridgehead atoms. The first-order valence-corrected chi connectivity index (χ1v) is 7.27. The third kappa shape index (κ3) is 5.84. The van der Waals surface area contributed by atoms with Gasteiger partial charge in [-0.3, -0.25) is 0 Å². The molecule has 0 aliphatic carbocycles. The summed E-state index contributed by atoms with van der Waals surface area (Å²) < 4.78 is 5.42. The number of ether oxygens (including phenoxy) is 1. The predicted octanol–water partition coefficient (Wildman–Crippen LogP) is 2.12. The van der Waals surface area contributed by atoms with Crippen LogP contribution in [0.4, 0.5) is 0 Å². The zero-order valence-electron chi connectivity index (χ0n) is 11.9. The molecular formula is C14H30N2O. The molecule has 102 valence electrons. The largest absolute Gasteiger partial charge is 0.381 e. The zero-order chi connectivity index (χ0) is 12.5. The van der Waals surface area contributed by atoms with E-state index in [-0.39, 0.29) is 0 Å². The maximum atomic E-state index is 5.42. The molecule has 1 saturated heterocycles. The topological polar surface area (TPSA) is 24.5 Å². The van der Waals surface area contributed by atoms with Crippen molar-refractivity contribution in [3.05, 3.63) is 0 Å². The Balaban J connectivity index is 2.22. The van der Waals surface area contributed by atoms with Crippen LogP contribution in [-0.4, -0.2) is 50.8 Å². The van der Waals surface area contributed by atoms with Gasteiger partial charge in [0.1, 0.15) is 0 Å². The first-order valence-electron chi connectivity index (χ1n) is 7.27. The summed E-state index contributed by atoms with van der Waals surface area (Å²) in [7, 11) is 2.10. The molecule has 17 heavy (non-hydrogen) atoms. The van der Waals surface area contributed by atoms with Gasteiger partial charge in [0.15, 0.2) is 0 Å². The molecule has 0 aromatic rings. The Labute approximate surface area is 107 Å². The molecule has 1 rings (SSSR count). The first-order chi connectivity index (χ1) is 8.30. The fourth-order valence-corrected chi connectivity index (χ4v) is 2.64. The highest BCUT2D eigenvalue weighted by atomic mass is 16.5. The summed E-state index contributed by atoms with van der Waals surface area (Å²) >= 11 is 0. The van der Waals surface area contributed by atoms with Gasteiger partial charge in [-0.05, 0) is 58.3 Å². The van der Waals surface area contributed by atoms with Crippen molar-refractivity contribution in [2.75, 3.05) is 39.9 Å². The Bertz CT molecular complexity index is 177. The first kappa shape index (κ1) is 14.9. The van der Waals surface area contributed by atoms with Gasteiger partial charge in [-0.1, -0.05) is 13.8 Å². The average Bonchev–Trinajstić information content (AvgIpc) is 2.39. The highest BCUT2D eigenvalue weighted by molar-refractivity contribution is 4.74. The third-order valence-corrected chi connectivity index (χ3v) is 4.06. The number of nitrogens with one attached hydrogen (secondary N) is 1. The van der Waals surface area contributed by atoms with Crippen LogP contribution in [0, 0.1) is 5.92 Å². The molecule has 1 aliphatic heterocycles. The van der Waals surface area contributed by atoms with E-state index in [1.807, 2.05) is 0 Å². The molecule has 1 aliphatic rings. The summed E-state index contributed by atoms with van der Waals surface area (Å²) in [5.41, 5.74) is 0. The van der Waals surface area contributed by atoms with E-state index in [1.54, 1.807) is 0 Å². The Morgan fingerprint density at radius 1 is 1.24 bits per heavy atom. The molecule has 1 N–H and O–H groups in total. The van der Waals surface area contributed by atoms with E-state index in [4.69, 9.17) is 4.74 Å². The van der Waals surface area contributed by atoms with E-state index in [9.17, 15) is 0 Å². The summed E-state index contributed by atoms with van der Waals surface area (Å²) in [6.45, 7) is 10.00. The number of rotatable bonds is 8. The fraction of sp³-hybridized carbons (Fsp3) is 1.00. The summed E-state index contributed by atoms with van der Waals surface area (Å²) in [5.74, 6) is 0.873. The number of hydrogen-bond donors (Lipinski definition) is 1. The lowest BCUT2D eigenvalue weighted by Crippen LogP contribution is -2.34. The van der Waals surface area contributed by atoms with E-state index in [0.717, 1.165) is 19.1 Å². The zero-order valence-corrected chi connectivity index (χ0v) is 11.9. The Kier molecular flexibility index (Phi) is 7.82. The molecule has 0 aromatic carbocycles. The van der Waals surface area contributed by atoms with Crippen LogP contribution in [0.1, 0.15) is 39.5 Å². The number of hydrogen-bond acceptors (Lipinski definition) is 3. The summed E-state index contributed by atoms with van der Waals surface area (Å²) in [6.07, 6.45) is 5.10. The van der Waals surface area contributed by atoms with Crippen LogP contribution >= 0.6 is 0 Å². The highest BCUT2D eigenvalue weighted by Gasteiger charge is 2.18. The monoisotopic (exact) mass is 242 g/mol. The van der Waals surface area contributed by atoms with Crippen LogP contribution in [0.15, 0.2) is 0 Å². The second kappa shape index (κ2) is 8.90. The van der Waals surface area contributed by atoms with Crippen molar-refractivity contribution in [2.24, 2.45) is 5.92 Å². The molecular weight excluding hydrogens is 212 g/mol. The lowest BCUT2D eigenvalue weighted by atomic mass is 9.91.